The Morgan fingerprint density at radius 1 is 0.894 bits per heavy atom. The number of ether oxygens (including phenoxy) is 4. The molecule has 0 saturated heterocycles. The number of allylic oxidation sites excluding steroid dienone is 1. The van der Waals surface area contributed by atoms with Gasteiger partial charge in [-0.1, -0.05) is 6.07 Å². The minimum absolute atomic E-state index is 0.0972. The molecular formula is C34H35N3O10. The minimum Gasteiger partial charge on any atom is -0.493 e. The third kappa shape index (κ3) is 8.06. The molecule has 3 aromatic rings. The molecule has 2 N–H and O–H groups in total. The highest BCUT2D eigenvalue weighted by molar-refractivity contribution is 6.39. The molecule has 0 atom stereocenters. The minimum atomic E-state index is -0.921. The fraction of sp³-hybridized carbons (Fsp3) is 0.265. The van der Waals surface area contributed by atoms with Crippen LogP contribution in [0.1, 0.15) is 41.3 Å². The summed E-state index contributed by atoms with van der Waals surface area (Å²) in [7, 11) is 4.33. The van der Waals surface area contributed by atoms with Gasteiger partial charge in [-0.15, -0.1) is 0 Å². The van der Waals surface area contributed by atoms with E-state index in [-0.39, 0.29) is 36.6 Å². The molecule has 0 unspecified atom stereocenters. The summed E-state index contributed by atoms with van der Waals surface area (Å²) in [5.41, 5.74) is 2.17. The molecule has 0 spiro atoms. The first-order chi connectivity index (χ1) is 22.6. The molecule has 47 heavy (non-hydrogen) atoms. The van der Waals surface area contributed by atoms with Crippen LogP contribution in [-0.2, 0) is 41.6 Å². The summed E-state index contributed by atoms with van der Waals surface area (Å²) >= 11 is 0. The van der Waals surface area contributed by atoms with Gasteiger partial charge in [0.05, 0.1) is 51.2 Å². The Hall–Kier alpha value is -5.85. The lowest BCUT2D eigenvalue weighted by atomic mass is 10.1. The van der Waals surface area contributed by atoms with Crippen LogP contribution in [0.3, 0.4) is 0 Å². The van der Waals surface area contributed by atoms with E-state index < -0.39 is 29.7 Å². The maximum atomic E-state index is 13.5. The van der Waals surface area contributed by atoms with E-state index in [9.17, 15) is 24.0 Å². The number of furan rings is 1. The maximum absolute atomic E-state index is 13.5. The fourth-order valence-electron chi connectivity index (χ4n) is 4.82. The van der Waals surface area contributed by atoms with Gasteiger partial charge in [0.25, 0.3) is 5.91 Å². The monoisotopic (exact) mass is 645 g/mol. The van der Waals surface area contributed by atoms with Crippen molar-refractivity contribution < 1.29 is 47.3 Å². The van der Waals surface area contributed by atoms with Crippen LogP contribution in [-0.4, -0.2) is 69.0 Å². The third-order valence-corrected chi connectivity index (χ3v) is 7.23. The van der Waals surface area contributed by atoms with Crippen molar-refractivity contribution in [3.63, 3.8) is 0 Å². The Bertz CT molecular complexity index is 1740. The van der Waals surface area contributed by atoms with Gasteiger partial charge < -0.3 is 38.9 Å². The number of hydrogen-bond acceptors (Lipinski definition) is 10. The highest BCUT2D eigenvalue weighted by Gasteiger charge is 2.37. The Labute approximate surface area is 271 Å². The summed E-state index contributed by atoms with van der Waals surface area (Å²) in [6, 6.07) is 14.5. The highest BCUT2D eigenvalue weighted by Crippen LogP contribution is 2.33. The lowest BCUT2D eigenvalue weighted by molar-refractivity contribution is -0.136. The van der Waals surface area contributed by atoms with Gasteiger partial charge in [-0.3, -0.25) is 14.4 Å². The quantitative estimate of drug-likeness (QED) is 0.169. The number of benzene rings is 2. The van der Waals surface area contributed by atoms with Gasteiger partial charge in [0.15, 0.2) is 11.5 Å². The summed E-state index contributed by atoms with van der Waals surface area (Å²) in [4.78, 5) is 64.3. The SMILES string of the molecule is CCOC(=O)c1ccc(NC(=O)C(=O)NCc2ccc(/C=C3\C(=O)N(CCc4ccc(OC)c(OC)c4)C(C)=C3C(=O)OC)o2)cc1. The number of esters is 2. The predicted molar refractivity (Wildman–Crippen MR) is 169 cm³/mol. The first-order valence-electron chi connectivity index (χ1n) is 14.6. The van der Waals surface area contributed by atoms with Crippen molar-refractivity contribution in [3.05, 3.63) is 94.1 Å². The van der Waals surface area contributed by atoms with Crippen molar-refractivity contribution in [2.45, 2.75) is 26.8 Å². The summed E-state index contributed by atoms with van der Waals surface area (Å²) in [6.07, 6.45) is 1.91. The first kappa shape index (κ1) is 34.0. The van der Waals surface area contributed by atoms with Gasteiger partial charge in [-0.25, -0.2) is 9.59 Å². The molecule has 0 radical (unpaired) electrons. The summed E-state index contributed by atoms with van der Waals surface area (Å²) in [5, 5.41) is 4.91. The second kappa shape index (κ2) is 15.4. The van der Waals surface area contributed by atoms with E-state index in [0.29, 0.717) is 40.6 Å². The molecule has 0 bridgehead atoms. The standard InChI is InChI=1S/C34H35N3O10/c1-6-46-33(41)22-8-10-23(11-9-22)36-31(39)30(38)35-19-25-13-12-24(47-25)18-26-29(34(42)45-5)20(2)37(32(26)40)16-15-21-7-14-27(43-3)28(17-21)44-4/h7-14,17-18H,6,15-16,19H2,1-5H3,(H,35,38)(H,36,39)/b26-18-. The van der Waals surface area contributed by atoms with E-state index in [4.69, 9.17) is 23.4 Å². The van der Waals surface area contributed by atoms with Crippen LogP contribution in [0, 0.1) is 0 Å². The normalized spacial score (nSPS) is 13.4. The van der Waals surface area contributed by atoms with Gasteiger partial charge in [0, 0.05) is 17.9 Å². The van der Waals surface area contributed by atoms with E-state index in [1.165, 1.54) is 42.4 Å². The topological polar surface area (TPSA) is 163 Å². The maximum Gasteiger partial charge on any atom is 0.340 e. The van der Waals surface area contributed by atoms with Gasteiger partial charge >= 0.3 is 23.8 Å². The number of methoxy groups -OCH3 is 3. The fourth-order valence-corrected chi connectivity index (χ4v) is 4.82. The molecule has 0 fully saturated rings. The van der Waals surface area contributed by atoms with Crippen LogP contribution in [0.4, 0.5) is 5.69 Å². The zero-order valence-corrected chi connectivity index (χ0v) is 26.6. The Kier molecular flexibility index (Phi) is 11.2. The van der Waals surface area contributed by atoms with Gasteiger partial charge in [-0.05, 0) is 80.4 Å². The first-order valence-corrected chi connectivity index (χ1v) is 14.6. The van der Waals surface area contributed by atoms with Crippen molar-refractivity contribution >= 4 is 41.4 Å². The van der Waals surface area contributed by atoms with Crippen LogP contribution >= 0.6 is 0 Å². The molecule has 0 saturated carbocycles. The summed E-state index contributed by atoms with van der Waals surface area (Å²) < 4.78 is 26.3. The highest BCUT2D eigenvalue weighted by atomic mass is 16.5. The molecule has 2 aromatic carbocycles. The van der Waals surface area contributed by atoms with E-state index in [1.807, 2.05) is 12.1 Å². The van der Waals surface area contributed by atoms with E-state index >= 15 is 0 Å². The second-order valence-electron chi connectivity index (χ2n) is 10.1. The predicted octanol–water partition coefficient (Wildman–Crippen LogP) is 3.64. The van der Waals surface area contributed by atoms with Crippen LogP contribution < -0.4 is 20.1 Å². The zero-order chi connectivity index (χ0) is 34.1. The molecule has 246 valence electrons. The summed E-state index contributed by atoms with van der Waals surface area (Å²) in [6.45, 7) is 3.76. The van der Waals surface area contributed by atoms with Crippen LogP contribution in [0.5, 0.6) is 11.5 Å². The van der Waals surface area contributed by atoms with Crippen molar-refractivity contribution in [3.8, 4) is 11.5 Å². The second-order valence-corrected chi connectivity index (χ2v) is 10.1. The number of carbonyl (C=O) groups is 5. The Morgan fingerprint density at radius 2 is 1.62 bits per heavy atom. The van der Waals surface area contributed by atoms with Gasteiger partial charge in [0.2, 0.25) is 0 Å². The number of carbonyl (C=O) groups excluding carboxylic acids is 5. The molecule has 4 rings (SSSR count). The molecule has 13 heteroatoms. The Morgan fingerprint density at radius 3 is 2.28 bits per heavy atom. The number of hydrogen-bond donors (Lipinski definition) is 2. The molecule has 1 aliphatic rings. The number of amides is 3. The van der Waals surface area contributed by atoms with Crippen molar-refractivity contribution in [1.29, 1.82) is 0 Å². The van der Waals surface area contributed by atoms with E-state index in [1.54, 1.807) is 46.3 Å². The molecule has 3 amide bonds. The van der Waals surface area contributed by atoms with Gasteiger partial charge in [-0.2, -0.15) is 0 Å². The molecule has 1 aliphatic heterocycles. The molecule has 2 heterocycles. The van der Waals surface area contributed by atoms with Crippen molar-refractivity contribution in [1.82, 2.24) is 10.2 Å². The number of rotatable bonds is 12. The average Bonchev–Trinajstić information content (AvgIpc) is 3.62. The summed E-state index contributed by atoms with van der Waals surface area (Å²) in [5.74, 6) is -1.71. The molecule has 1 aromatic heterocycles. The molecule has 0 aliphatic carbocycles. The number of anilines is 1. The lowest BCUT2D eigenvalue weighted by Crippen LogP contribution is -2.34. The van der Waals surface area contributed by atoms with Crippen molar-refractivity contribution in [2.24, 2.45) is 0 Å². The number of nitrogens with zero attached hydrogens (tertiary/aromatic N) is 1. The largest absolute Gasteiger partial charge is 0.493 e. The van der Waals surface area contributed by atoms with Crippen molar-refractivity contribution in [2.75, 3.05) is 39.8 Å². The number of nitrogens with one attached hydrogen (secondary N) is 2. The van der Waals surface area contributed by atoms with Crippen LogP contribution in [0.15, 0.2) is 75.9 Å². The van der Waals surface area contributed by atoms with Crippen LogP contribution in [0.25, 0.3) is 6.08 Å². The zero-order valence-electron chi connectivity index (χ0n) is 26.6. The lowest BCUT2D eigenvalue weighted by Gasteiger charge is -2.18. The molecular weight excluding hydrogens is 610 g/mol. The third-order valence-electron chi connectivity index (χ3n) is 7.23. The smallest absolute Gasteiger partial charge is 0.340 e. The average molecular weight is 646 g/mol. The molecule has 13 nitrogen and oxygen atoms in total. The van der Waals surface area contributed by atoms with E-state index in [2.05, 4.69) is 10.6 Å². The van der Waals surface area contributed by atoms with E-state index in [0.717, 1.165) is 5.56 Å². The van der Waals surface area contributed by atoms with Crippen LogP contribution in [0.2, 0.25) is 0 Å². The van der Waals surface area contributed by atoms with Gasteiger partial charge in [0.1, 0.15) is 11.5 Å². The Balaban J connectivity index is 1.40.